The van der Waals surface area contributed by atoms with Crippen LogP contribution >= 0.6 is 0 Å². The van der Waals surface area contributed by atoms with Crippen molar-refractivity contribution in [2.75, 3.05) is 0 Å². The SMILES string of the molecule is CC(C)c1cc2ccc(O)cc2c(OC2CCC2)n1. The Morgan fingerprint density at radius 3 is 2.68 bits per heavy atom. The summed E-state index contributed by atoms with van der Waals surface area (Å²) in [6.45, 7) is 4.25. The molecule has 0 atom stereocenters. The van der Waals surface area contributed by atoms with E-state index in [1.165, 1.54) is 6.42 Å². The topological polar surface area (TPSA) is 42.4 Å². The second-order valence-electron chi connectivity index (χ2n) is 5.58. The summed E-state index contributed by atoms with van der Waals surface area (Å²) < 4.78 is 5.99. The van der Waals surface area contributed by atoms with Gasteiger partial charge in [0.15, 0.2) is 0 Å². The molecule has 0 spiro atoms. The number of rotatable bonds is 3. The molecule has 1 aliphatic carbocycles. The van der Waals surface area contributed by atoms with Crippen molar-refractivity contribution < 1.29 is 9.84 Å². The van der Waals surface area contributed by atoms with Gasteiger partial charge >= 0.3 is 0 Å². The van der Waals surface area contributed by atoms with Gasteiger partial charge in [0.2, 0.25) is 5.88 Å². The van der Waals surface area contributed by atoms with Crippen LogP contribution in [0.2, 0.25) is 0 Å². The molecule has 1 aromatic carbocycles. The molecule has 0 radical (unpaired) electrons. The van der Waals surface area contributed by atoms with Crippen molar-refractivity contribution >= 4 is 10.8 Å². The zero-order chi connectivity index (χ0) is 13.4. The van der Waals surface area contributed by atoms with Crippen LogP contribution < -0.4 is 4.74 Å². The molecular formula is C16H19NO2. The van der Waals surface area contributed by atoms with E-state index >= 15 is 0 Å². The van der Waals surface area contributed by atoms with Gasteiger partial charge in [0.05, 0.1) is 0 Å². The molecule has 1 N–H and O–H groups in total. The number of phenols is 1. The van der Waals surface area contributed by atoms with Gasteiger partial charge in [0, 0.05) is 11.1 Å². The van der Waals surface area contributed by atoms with Gasteiger partial charge in [-0.1, -0.05) is 19.9 Å². The Morgan fingerprint density at radius 2 is 2.05 bits per heavy atom. The molecule has 1 fully saturated rings. The van der Waals surface area contributed by atoms with Crippen LogP contribution in [-0.4, -0.2) is 16.2 Å². The van der Waals surface area contributed by atoms with Crippen molar-refractivity contribution in [3.05, 3.63) is 30.0 Å². The summed E-state index contributed by atoms with van der Waals surface area (Å²) in [5.74, 6) is 1.29. The molecule has 1 aromatic heterocycles. The lowest BCUT2D eigenvalue weighted by atomic mass is 9.96. The second-order valence-corrected chi connectivity index (χ2v) is 5.58. The lowest BCUT2D eigenvalue weighted by Crippen LogP contribution is -2.25. The van der Waals surface area contributed by atoms with Crippen LogP contribution in [0.5, 0.6) is 11.6 Å². The highest BCUT2D eigenvalue weighted by molar-refractivity contribution is 5.88. The molecule has 100 valence electrons. The molecular weight excluding hydrogens is 238 g/mol. The zero-order valence-electron chi connectivity index (χ0n) is 11.4. The molecule has 3 nitrogen and oxygen atoms in total. The van der Waals surface area contributed by atoms with Crippen LogP contribution in [0, 0.1) is 0 Å². The molecule has 1 heterocycles. The van der Waals surface area contributed by atoms with Crippen molar-refractivity contribution in [2.24, 2.45) is 0 Å². The minimum atomic E-state index is 0.255. The lowest BCUT2D eigenvalue weighted by Gasteiger charge is -2.26. The third kappa shape index (κ3) is 2.37. The maximum absolute atomic E-state index is 9.66. The van der Waals surface area contributed by atoms with Crippen LogP contribution in [0.25, 0.3) is 10.8 Å². The summed E-state index contributed by atoms with van der Waals surface area (Å²) in [4.78, 5) is 4.63. The van der Waals surface area contributed by atoms with E-state index in [0.717, 1.165) is 29.3 Å². The summed E-state index contributed by atoms with van der Waals surface area (Å²) in [5, 5.41) is 11.6. The van der Waals surface area contributed by atoms with Gasteiger partial charge in [-0.2, -0.15) is 0 Å². The van der Waals surface area contributed by atoms with Crippen LogP contribution in [0.15, 0.2) is 24.3 Å². The molecule has 0 saturated heterocycles. The fraction of sp³-hybridized carbons (Fsp3) is 0.438. The van der Waals surface area contributed by atoms with Crippen molar-refractivity contribution in [2.45, 2.75) is 45.1 Å². The first-order chi connectivity index (χ1) is 9.13. The highest BCUT2D eigenvalue weighted by Gasteiger charge is 2.21. The fourth-order valence-electron chi connectivity index (χ4n) is 2.26. The van der Waals surface area contributed by atoms with E-state index in [2.05, 4.69) is 24.9 Å². The Morgan fingerprint density at radius 1 is 1.26 bits per heavy atom. The van der Waals surface area contributed by atoms with Gasteiger partial charge in [0.25, 0.3) is 0 Å². The number of pyridine rings is 1. The number of phenolic OH excluding ortho intramolecular Hbond substituents is 1. The average Bonchev–Trinajstić information content (AvgIpc) is 2.33. The zero-order valence-corrected chi connectivity index (χ0v) is 11.4. The number of nitrogens with zero attached hydrogens (tertiary/aromatic N) is 1. The minimum Gasteiger partial charge on any atom is -0.508 e. The van der Waals surface area contributed by atoms with Crippen molar-refractivity contribution in [1.29, 1.82) is 0 Å². The first kappa shape index (κ1) is 12.3. The van der Waals surface area contributed by atoms with Crippen LogP contribution in [0.4, 0.5) is 0 Å². The molecule has 0 amide bonds. The fourth-order valence-corrected chi connectivity index (χ4v) is 2.26. The monoisotopic (exact) mass is 257 g/mol. The number of hydrogen-bond donors (Lipinski definition) is 1. The lowest BCUT2D eigenvalue weighted by molar-refractivity contribution is 0.116. The molecule has 0 bridgehead atoms. The number of hydrogen-bond acceptors (Lipinski definition) is 3. The number of aromatic nitrogens is 1. The molecule has 2 aromatic rings. The summed E-state index contributed by atoms with van der Waals surface area (Å²) in [6, 6.07) is 7.44. The molecule has 0 unspecified atom stereocenters. The Kier molecular flexibility index (Phi) is 3.05. The van der Waals surface area contributed by atoms with Gasteiger partial charge < -0.3 is 9.84 Å². The molecule has 3 rings (SSSR count). The normalized spacial score (nSPS) is 15.7. The van der Waals surface area contributed by atoms with Crippen LogP contribution in [0.1, 0.15) is 44.7 Å². The summed E-state index contributed by atoms with van der Waals surface area (Å²) in [5.41, 5.74) is 1.03. The Hall–Kier alpha value is -1.77. The van der Waals surface area contributed by atoms with Crippen molar-refractivity contribution in [1.82, 2.24) is 4.98 Å². The summed E-state index contributed by atoms with van der Waals surface area (Å²) >= 11 is 0. The first-order valence-corrected chi connectivity index (χ1v) is 6.94. The second kappa shape index (κ2) is 4.72. The van der Waals surface area contributed by atoms with E-state index in [9.17, 15) is 5.11 Å². The Balaban J connectivity index is 2.10. The van der Waals surface area contributed by atoms with Crippen molar-refractivity contribution in [3.8, 4) is 11.6 Å². The van der Waals surface area contributed by atoms with Gasteiger partial charge in [-0.3, -0.25) is 0 Å². The summed E-state index contributed by atoms with van der Waals surface area (Å²) in [7, 11) is 0. The van der Waals surface area contributed by atoms with E-state index in [1.54, 1.807) is 12.1 Å². The van der Waals surface area contributed by atoms with Gasteiger partial charge in [-0.15, -0.1) is 0 Å². The third-order valence-corrected chi connectivity index (χ3v) is 3.72. The Labute approximate surface area is 113 Å². The molecule has 19 heavy (non-hydrogen) atoms. The summed E-state index contributed by atoms with van der Waals surface area (Å²) in [6.07, 6.45) is 3.74. The van der Waals surface area contributed by atoms with E-state index < -0.39 is 0 Å². The number of benzene rings is 1. The Bertz CT molecular complexity index is 603. The standard InChI is InChI=1S/C16H19NO2/c1-10(2)15-8-11-6-7-12(18)9-14(11)16(17-15)19-13-4-3-5-13/h6-10,13,18H,3-5H2,1-2H3. The number of fused-ring (bicyclic) bond motifs is 1. The predicted molar refractivity (Wildman–Crippen MR) is 75.8 cm³/mol. The van der Waals surface area contributed by atoms with Gasteiger partial charge in [-0.25, -0.2) is 4.98 Å². The molecule has 3 heteroatoms. The van der Waals surface area contributed by atoms with E-state index in [4.69, 9.17) is 4.74 Å². The molecule has 1 saturated carbocycles. The number of ether oxygens (including phenoxy) is 1. The van der Waals surface area contributed by atoms with Crippen LogP contribution in [-0.2, 0) is 0 Å². The van der Waals surface area contributed by atoms with E-state index in [1.807, 2.05) is 6.07 Å². The smallest absolute Gasteiger partial charge is 0.222 e. The predicted octanol–water partition coefficient (Wildman–Crippen LogP) is 4.00. The maximum atomic E-state index is 9.66. The highest BCUT2D eigenvalue weighted by atomic mass is 16.5. The number of aromatic hydroxyl groups is 1. The van der Waals surface area contributed by atoms with Gasteiger partial charge in [-0.05, 0) is 48.8 Å². The van der Waals surface area contributed by atoms with Crippen LogP contribution in [0.3, 0.4) is 0 Å². The average molecular weight is 257 g/mol. The highest BCUT2D eigenvalue weighted by Crippen LogP contribution is 2.33. The molecule has 1 aliphatic rings. The third-order valence-electron chi connectivity index (χ3n) is 3.72. The largest absolute Gasteiger partial charge is 0.508 e. The maximum Gasteiger partial charge on any atom is 0.222 e. The van der Waals surface area contributed by atoms with E-state index in [-0.39, 0.29) is 5.75 Å². The van der Waals surface area contributed by atoms with E-state index in [0.29, 0.717) is 17.9 Å². The quantitative estimate of drug-likeness (QED) is 0.903. The van der Waals surface area contributed by atoms with Gasteiger partial charge in [0.1, 0.15) is 11.9 Å². The minimum absolute atomic E-state index is 0.255. The molecule has 0 aliphatic heterocycles. The van der Waals surface area contributed by atoms with Crippen molar-refractivity contribution in [3.63, 3.8) is 0 Å². The first-order valence-electron chi connectivity index (χ1n) is 6.94.